The van der Waals surface area contributed by atoms with Crippen molar-refractivity contribution in [1.82, 2.24) is 9.88 Å². The van der Waals surface area contributed by atoms with Crippen LogP contribution in [0.5, 0.6) is 0 Å². The Morgan fingerprint density at radius 1 is 1.65 bits per heavy atom. The van der Waals surface area contributed by atoms with Gasteiger partial charge in [0.15, 0.2) is 0 Å². The lowest BCUT2D eigenvalue weighted by molar-refractivity contribution is 0.0751. The van der Waals surface area contributed by atoms with Gasteiger partial charge in [-0.1, -0.05) is 0 Å². The first-order valence-corrected chi connectivity index (χ1v) is 5.96. The molecule has 1 amide bonds. The summed E-state index contributed by atoms with van der Waals surface area (Å²) in [6, 6.07) is 3.41. The van der Waals surface area contributed by atoms with Gasteiger partial charge in [0.05, 0.1) is 5.69 Å². The van der Waals surface area contributed by atoms with Gasteiger partial charge in [0.2, 0.25) is 0 Å². The molecule has 1 fully saturated rings. The summed E-state index contributed by atoms with van der Waals surface area (Å²) >= 11 is 0. The fourth-order valence-corrected chi connectivity index (χ4v) is 1.77. The van der Waals surface area contributed by atoms with Crippen molar-refractivity contribution in [2.45, 2.75) is 19.8 Å². The highest BCUT2D eigenvalue weighted by Gasteiger charge is 2.26. The molecule has 0 saturated heterocycles. The number of nitrogens with two attached hydrogens (primary N) is 1. The summed E-state index contributed by atoms with van der Waals surface area (Å²) in [7, 11) is 0. The van der Waals surface area contributed by atoms with Crippen molar-refractivity contribution in [2.75, 3.05) is 18.5 Å². The van der Waals surface area contributed by atoms with E-state index in [1.165, 1.54) is 12.8 Å². The van der Waals surface area contributed by atoms with E-state index < -0.39 is 0 Å². The quantitative estimate of drug-likeness (QED) is 0.594. The van der Waals surface area contributed by atoms with Crippen molar-refractivity contribution in [2.24, 2.45) is 11.8 Å². The second-order valence-electron chi connectivity index (χ2n) is 4.36. The maximum Gasteiger partial charge on any atom is 0.272 e. The molecule has 0 bridgehead atoms. The number of nitrogen functional groups attached to an aromatic ring is 1. The Hall–Kier alpha value is -1.62. The topological polar surface area (TPSA) is 71.2 Å². The molecule has 0 aliphatic heterocycles. The highest BCUT2D eigenvalue weighted by Crippen LogP contribution is 2.30. The number of rotatable bonds is 5. The fourth-order valence-electron chi connectivity index (χ4n) is 1.77. The van der Waals surface area contributed by atoms with E-state index in [1.54, 1.807) is 18.3 Å². The monoisotopic (exact) mass is 234 g/mol. The molecule has 3 N–H and O–H groups in total. The number of hydrogen-bond donors (Lipinski definition) is 2. The van der Waals surface area contributed by atoms with Gasteiger partial charge in [0.1, 0.15) is 5.69 Å². The van der Waals surface area contributed by atoms with Crippen LogP contribution in [0, 0.1) is 5.92 Å². The van der Waals surface area contributed by atoms with Gasteiger partial charge in [-0.15, -0.1) is 0 Å². The molecule has 1 heterocycles. The molecule has 5 nitrogen and oxygen atoms in total. The van der Waals surface area contributed by atoms with Gasteiger partial charge in [0, 0.05) is 19.3 Å². The number of carbonyl (C=O) groups excluding carboxylic acids is 1. The van der Waals surface area contributed by atoms with Crippen molar-refractivity contribution in [3.8, 4) is 0 Å². The Morgan fingerprint density at radius 2 is 2.41 bits per heavy atom. The Balaban J connectivity index is 2.09. The molecular weight excluding hydrogens is 216 g/mol. The van der Waals surface area contributed by atoms with Crippen LogP contribution in [0.2, 0.25) is 0 Å². The molecule has 5 heteroatoms. The number of pyridine rings is 1. The lowest BCUT2D eigenvalue weighted by Crippen LogP contribution is -2.33. The van der Waals surface area contributed by atoms with Gasteiger partial charge in [-0.3, -0.25) is 15.6 Å². The summed E-state index contributed by atoms with van der Waals surface area (Å²) in [5.41, 5.74) is 3.67. The van der Waals surface area contributed by atoms with Crippen LogP contribution in [0.3, 0.4) is 0 Å². The van der Waals surface area contributed by atoms with Crippen molar-refractivity contribution in [3.05, 3.63) is 24.0 Å². The molecule has 17 heavy (non-hydrogen) atoms. The molecule has 1 aromatic heterocycles. The average molecular weight is 234 g/mol. The van der Waals surface area contributed by atoms with Crippen molar-refractivity contribution in [1.29, 1.82) is 0 Å². The highest BCUT2D eigenvalue weighted by molar-refractivity contribution is 5.93. The van der Waals surface area contributed by atoms with E-state index in [9.17, 15) is 4.79 Å². The van der Waals surface area contributed by atoms with E-state index in [-0.39, 0.29) is 5.91 Å². The van der Waals surface area contributed by atoms with Crippen molar-refractivity contribution >= 4 is 11.6 Å². The molecule has 2 rings (SSSR count). The minimum absolute atomic E-state index is 0.0171. The molecular formula is C12H18N4O. The minimum Gasteiger partial charge on any atom is -0.337 e. The molecule has 92 valence electrons. The second kappa shape index (κ2) is 5.14. The zero-order valence-corrected chi connectivity index (χ0v) is 10.0. The van der Waals surface area contributed by atoms with Gasteiger partial charge in [-0.25, -0.2) is 0 Å². The Labute approximate surface area is 101 Å². The van der Waals surface area contributed by atoms with Gasteiger partial charge in [-0.2, -0.15) is 0 Å². The normalized spacial score (nSPS) is 14.5. The summed E-state index contributed by atoms with van der Waals surface area (Å²) in [6.07, 6.45) is 4.07. The SMILES string of the molecule is CCN(CC1CC1)C(=O)c1cc(NN)ccn1. The maximum absolute atomic E-state index is 12.2. The predicted molar refractivity (Wildman–Crippen MR) is 66.3 cm³/mol. The van der Waals surface area contributed by atoms with Crippen LogP contribution in [0.15, 0.2) is 18.3 Å². The molecule has 0 atom stereocenters. The number of carbonyl (C=O) groups is 1. The van der Waals surface area contributed by atoms with Crippen LogP contribution in [0.4, 0.5) is 5.69 Å². The minimum atomic E-state index is -0.0171. The summed E-state index contributed by atoms with van der Waals surface area (Å²) in [5, 5.41) is 0. The number of hydrogen-bond acceptors (Lipinski definition) is 4. The highest BCUT2D eigenvalue weighted by atomic mass is 16.2. The molecule has 0 aromatic carbocycles. The third-order valence-electron chi connectivity index (χ3n) is 2.99. The summed E-state index contributed by atoms with van der Waals surface area (Å²) < 4.78 is 0. The van der Waals surface area contributed by atoms with Crippen molar-refractivity contribution in [3.63, 3.8) is 0 Å². The van der Waals surface area contributed by atoms with Gasteiger partial charge in [0.25, 0.3) is 5.91 Å². The molecule has 0 unspecified atom stereocenters. The zero-order chi connectivity index (χ0) is 12.3. The van der Waals surface area contributed by atoms with E-state index >= 15 is 0 Å². The number of anilines is 1. The maximum atomic E-state index is 12.2. The van der Waals surface area contributed by atoms with Crippen LogP contribution in [0.25, 0.3) is 0 Å². The van der Waals surface area contributed by atoms with Gasteiger partial charge in [-0.05, 0) is 37.8 Å². The summed E-state index contributed by atoms with van der Waals surface area (Å²) in [6.45, 7) is 3.56. The second-order valence-corrected chi connectivity index (χ2v) is 4.36. The van der Waals surface area contributed by atoms with Crippen molar-refractivity contribution < 1.29 is 4.79 Å². The third kappa shape index (κ3) is 2.94. The fraction of sp³-hybridized carbons (Fsp3) is 0.500. The standard InChI is InChI=1S/C12H18N4O/c1-2-16(8-9-3-4-9)12(17)11-7-10(15-13)5-6-14-11/h5-7,9H,2-4,8,13H2,1H3,(H,14,15). The number of nitrogens with zero attached hydrogens (tertiary/aromatic N) is 2. The lowest BCUT2D eigenvalue weighted by Gasteiger charge is -2.20. The molecule has 1 saturated carbocycles. The number of hydrazine groups is 1. The number of amides is 1. The first-order valence-electron chi connectivity index (χ1n) is 5.96. The van der Waals surface area contributed by atoms with E-state index in [0.29, 0.717) is 17.3 Å². The third-order valence-corrected chi connectivity index (χ3v) is 2.99. The molecule has 1 aliphatic rings. The van der Waals surface area contributed by atoms with E-state index in [2.05, 4.69) is 10.4 Å². The first kappa shape index (κ1) is 11.9. The van der Waals surface area contributed by atoms with Crippen LogP contribution in [0.1, 0.15) is 30.3 Å². The molecule has 0 radical (unpaired) electrons. The predicted octanol–water partition coefficient (Wildman–Crippen LogP) is 1.24. The van der Waals surface area contributed by atoms with E-state index in [0.717, 1.165) is 13.1 Å². The first-order chi connectivity index (χ1) is 8.24. The number of aromatic nitrogens is 1. The molecule has 1 aliphatic carbocycles. The van der Waals surface area contributed by atoms with Crippen LogP contribution < -0.4 is 11.3 Å². The lowest BCUT2D eigenvalue weighted by atomic mass is 10.2. The Bertz CT molecular complexity index is 403. The van der Waals surface area contributed by atoms with Crippen LogP contribution >= 0.6 is 0 Å². The van der Waals surface area contributed by atoms with E-state index in [1.807, 2.05) is 11.8 Å². The Kier molecular flexibility index (Phi) is 3.58. The summed E-state index contributed by atoms with van der Waals surface area (Å²) in [5.74, 6) is 5.99. The smallest absolute Gasteiger partial charge is 0.272 e. The summed E-state index contributed by atoms with van der Waals surface area (Å²) in [4.78, 5) is 18.1. The zero-order valence-electron chi connectivity index (χ0n) is 10.0. The average Bonchev–Trinajstić information content (AvgIpc) is 3.19. The Morgan fingerprint density at radius 3 is 3.00 bits per heavy atom. The van der Waals surface area contributed by atoms with Gasteiger partial charge < -0.3 is 10.3 Å². The molecule has 1 aromatic rings. The van der Waals surface area contributed by atoms with E-state index in [4.69, 9.17) is 5.84 Å². The van der Waals surface area contributed by atoms with Crippen LogP contribution in [-0.4, -0.2) is 28.9 Å². The van der Waals surface area contributed by atoms with Gasteiger partial charge >= 0.3 is 0 Å². The number of nitrogens with one attached hydrogen (secondary N) is 1. The van der Waals surface area contributed by atoms with Crippen LogP contribution in [-0.2, 0) is 0 Å². The molecule has 0 spiro atoms. The largest absolute Gasteiger partial charge is 0.337 e.